The number of methoxy groups -OCH3 is 1. The molecular formula is C46H76O18. The van der Waals surface area contributed by atoms with Crippen molar-refractivity contribution in [2.24, 2.45) is 16.7 Å². The van der Waals surface area contributed by atoms with Crippen LogP contribution in [0.4, 0.5) is 0 Å². The quantitative estimate of drug-likeness (QED) is 0.137. The van der Waals surface area contributed by atoms with Crippen molar-refractivity contribution in [3.8, 4) is 0 Å². The summed E-state index contributed by atoms with van der Waals surface area (Å²) in [5.74, 6) is -0.500. The van der Waals surface area contributed by atoms with Crippen LogP contribution in [0.1, 0.15) is 119 Å². The predicted octanol–water partition coefficient (Wildman–Crippen LogP) is 0.801. The van der Waals surface area contributed by atoms with Crippen LogP contribution in [0.3, 0.4) is 0 Å². The van der Waals surface area contributed by atoms with Gasteiger partial charge < -0.3 is 88.6 Å². The van der Waals surface area contributed by atoms with Gasteiger partial charge in [0.25, 0.3) is 0 Å². The van der Waals surface area contributed by atoms with Crippen molar-refractivity contribution < 1.29 is 88.6 Å². The highest BCUT2D eigenvalue weighted by Gasteiger charge is 2.80. The molecule has 3 saturated carbocycles. The van der Waals surface area contributed by atoms with Crippen LogP contribution in [0.25, 0.3) is 0 Å². The summed E-state index contributed by atoms with van der Waals surface area (Å²) >= 11 is 0. The van der Waals surface area contributed by atoms with Gasteiger partial charge in [-0.3, -0.25) is 0 Å². The van der Waals surface area contributed by atoms with Crippen LogP contribution in [-0.2, 0) is 42.6 Å². The zero-order valence-electron chi connectivity index (χ0n) is 38.6. The number of ether oxygens (including phenoxy) is 9. The fourth-order valence-corrected chi connectivity index (χ4v) is 13.5. The smallest absolute Gasteiger partial charge is 0.161 e. The first-order valence-corrected chi connectivity index (χ1v) is 23.7. The molecule has 368 valence electrons. The highest BCUT2D eigenvalue weighted by atomic mass is 16.8. The molecule has 0 spiro atoms. The van der Waals surface area contributed by atoms with E-state index in [0.717, 1.165) is 5.57 Å². The summed E-state index contributed by atoms with van der Waals surface area (Å²) in [6, 6.07) is 0. The molecule has 4 aliphatic heterocycles. The molecule has 9 N–H and O–H groups in total. The molecule has 18 nitrogen and oxygen atoms in total. The van der Waals surface area contributed by atoms with Crippen molar-refractivity contribution in [3.63, 3.8) is 0 Å². The number of aliphatic hydroxyl groups excluding tert-OH is 6. The molecule has 18 heteroatoms. The summed E-state index contributed by atoms with van der Waals surface area (Å²) in [4.78, 5) is 0. The summed E-state index contributed by atoms with van der Waals surface area (Å²) < 4.78 is 54.8. The summed E-state index contributed by atoms with van der Waals surface area (Å²) in [6.07, 6.45) is -9.98. The monoisotopic (exact) mass is 917 g/mol. The second-order valence-electron chi connectivity index (χ2n) is 21.0. The summed E-state index contributed by atoms with van der Waals surface area (Å²) in [5.41, 5.74) is -6.26. The van der Waals surface area contributed by atoms with E-state index in [1.165, 1.54) is 14.0 Å². The lowest BCUT2D eigenvalue weighted by Gasteiger charge is -2.67. The highest BCUT2D eigenvalue weighted by Crippen LogP contribution is 2.70. The lowest BCUT2D eigenvalue weighted by molar-refractivity contribution is -0.344. The first-order valence-electron chi connectivity index (χ1n) is 23.7. The third-order valence-corrected chi connectivity index (χ3v) is 17.5. The Morgan fingerprint density at radius 1 is 0.656 bits per heavy atom. The van der Waals surface area contributed by atoms with Gasteiger partial charge in [0.15, 0.2) is 25.2 Å². The molecule has 4 saturated heterocycles. The zero-order chi connectivity index (χ0) is 46.5. The molecule has 25 atom stereocenters. The molecule has 0 amide bonds. The van der Waals surface area contributed by atoms with Gasteiger partial charge in [0.2, 0.25) is 0 Å². The summed E-state index contributed by atoms with van der Waals surface area (Å²) in [5, 5.41) is 103. The number of hydrogen-bond donors (Lipinski definition) is 9. The first kappa shape index (κ1) is 49.4. The largest absolute Gasteiger partial charge is 0.392 e. The maximum atomic E-state index is 12.5. The van der Waals surface area contributed by atoms with E-state index in [2.05, 4.69) is 6.92 Å². The first-order chi connectivity index (χ1) is 30.0. The lowest BCUT2D eigenvalue weighted by atomic mass is 9.42. The Labute approximate surface area is 376 Å². The van der Waals surface area contributed by atoms with Crippen molar-refractivity contribution >= 4 is 0 Å². The molecular weight excluding hydrogens is 840 g/mol. The van der Waals surface area contributed by atoms with Gasteiger partial charge in [-0.2, -0.15) is 0 Å². The van der Waals surface area contributed by atoms with E-state index in [0.29, 0.717) is 19.3 Å². The third kappa shape index (κ3) is 8.07. The molecule has 0 bridgehead atoms. The maximum absolute atomic E-state index is 12.5. The molecule has 0 aromatic rings. The summed E-state index contributed by atoms with van der Waals surface area (Å²) in [7, 11) is 1.52. The Kier molecular flexibility index (Phi) is 14.0. The van der Waals surface area contributed by atoms with E-state index < -0.39 is 144 Å². The Morgan fingerprint density at radius 2 is 1.14 bits per heavy atom. The van der Waals surface area contributed by atoms with Gasteiger partial charge in [0, 0.05) is 38.7 Å². The van der Waals surface area contributed by atoms with Gasteiger partial charge in [0.05, 0.1) is 72.6 Å². The van der Waals surface area contributed by atoms with Gasteiger partial charge in [-0.05, 0) is 85.0 Å². The fourth-order valence-electron chi connectivity index (χ4n) is 13.5. The van der Waals surface area contributed by atoms with Crippen LogP contribution in [0.2, 0.25) is 0 Å². The van der Waals surface area contributed by atoms with Crippen LogP contribution < -0.4 is 0 Å². The van der Waals surface area contributed by atoms with Crippen molar-refractivity contribution in [2.75, 3.05) is 7.11 Å². The van der Waals surface area contributed by atoms with E-state index >= 15 is 0 Å². The Morgan fingerprint density at radius 3 is 1.62 bits per heavy atom. The SMILES string of the molecule is CO[C@@H]1C[C@H](O[C@H]2[C@H](O)C[C@H](O[C@H]3[C@H](O)C[C@H](O[C@H]4[C@@H](O)C[C@H](O[C@H]5CC[C@@]6(C)C(=CC[C@]7(O)[C@@H]6C[C@@H](O)[C@@]6(C)[C@]7(O)CC[C@@]6(O)[C@@H](C)O)C5)O[C@@H]4C)O[C@@H]3C)O[C@@H]2C)O[C@H](C)[C@H]1O. The van der Waals surface area contributed by atoms with Gasteiger partial charge in [-0.1, -0.05) is 25.5 Å². The van der Waals surface area contributed by atoms with E-state index in [9.17, 15) is 46.0 Å². The number of rotatable bonds is 10. The molecule has 8 rings (SSSR count). The molecule has 8 aliphatic rings. The summed E-state index contributed by atoms with van der Waals surface area (Å²) in [6.45, 7) is 12.2. The minimum atomic E-state index is -1.83. The molecule has 0 aromatic heterocycles. The molecule has 0 unspecified atom stereocenters. The number of fused-ring (bicyclic) bond motifs is 5. The predicted molar refractivity (Wildman–Crippen MR) is 223 cm³/mol. The standard InChI is InChI=1S/C46H76O18/c1-21-38(52)31(56-8)19-37(57-21)64-41-24(4)60-36(18-30(41)50)63-40-23(3)59-35(17-29(40)49)62-39-22(2)58-34(16-28(39)48)61-27-10-11-42(6)26(15-27)9-12-45(54)32(42)20-33(51)43(7)44(53,25(5)47)13-14-46(43,45)55/h9,21-25,27-41,47-55H,10-20H2,1-8H3/t21-,22-,23-,24-,25-,27+,28+,29-,30-,31-,32-,33-,34+,35+,36+,37+,38-,39-,40-,41-,42+,43-,44-,45+,46-/m1/s1. The van der Waals surface area contributed by atoms with Crippen molar-refractivity contribution in [1.29, 1.82) is 0 Å². The Bertz CT molecular complexity index is 1640. The van der Waals surface area contributed by atoms with Crippen molar-refractivity contribution in [1.82, 2.24) is 0 Å². The van der Waals surface area contributed by atoms with Gasteiger partial charge in [0.1, 0.15) is 41.2 Å². The van der Waals surface area contributed by atoms with Crippen molar-refractivity contribution in [2.45, 2.75) is 253 Å². The lowest BCUT2D eigenvalue weighted by Crippen LogP contribution is -2.78. The second-order valence-corrected chi connectivity index (χ2v) is 21.0. The average Bonchev–Trinajstić information content (AvgIpc) is 3.46. The van der Waals surface area contributed by atoms with Gasteiger partial charge >= 0.3 is 0 Å². The number of hydrogen-bond acceptors (Lipinski definition) is 18. The second kappa shape index (κ2) is 18.1. The molecule has 7 fully saturated rings. The highest BCUT2D eigenvalue weighted by molar-refractivity contribution is 5.36. The molecule has 4 heterocycles. The topological polar surface area (TPSA) is 265 Å². The van der Waals surface area contributed by atoms with Crippen molar-refractivity contribution in [3.05, 3.63) is 11.6 Å². The van der Waals surface area contributed by atoms with Crippen LogP contribution in [0.5, 0.6) is 0 Å². The fraction of sp³-hybridized carbons (Fsp3) is 0.957. The van der Waals surface area contributed by atoms with Gasteiger partial charge in [-0.25, -0.2) is 0 Å². The third-order valence-electron chi connectivity index (χ3n) is 17.5. The van der Waals surface area contributed by atoms with Crippen LogP contribution in [0, 0.1) is 16.7 Å². The van der Waals surface area contributed by atoms with E-state index in [1.807, 2.05) is 6.08 Å². The van der Waals surface area contributed by atoms with E-state index in [4.69, 9.17) is 42.6 Å². The maximum Gasteiger partial charge on any atom is 0.161 e. The molecule has 4 aliphatic carbocycles. The Hall–Kier alpha value is -0.980. The normalized spacial score (nSPS) is 56.1. The molecule has 0 radical (unpaired) electrons. The molecule has 64 heavy (non-hydrogen) atoms. The van der Waals surface area contributed by atoms with Crippen LogP contribution >= 0.6 is 0 Å². The average molecular weight is 917 g/mol. The minimum Gasteiger partial charge on any atom is -0.392 e. The minimum absolute atomic E-state index is 0.0478. The van der Waals surface area contributed by atoms with E-state index in [1.54, 1.807) is 34.6 Å². The Balaban J connectivity index is 0.817. The van der Waals surface area contributed by atoms with Crippen LogP contribution in [-0.4, -0.2) is 187 Å². The molecule has 0 aromatic carbocycles. The van der Waals surface area contributed by atoms with Crippen LogP contribution in [0.15, 0.2) is 11.6 Å². The zero-order valence-corrected chi connectivity index (χ0v) is 38.6. The van der Waals surface area contributed by atoms with E-state index in [-0.39, 0.29) is 57.5 Å². The van der Waals surface area contributed by atoms with Gasteiger partial charge in [-0.15, -0.1) is 0 Å². The number of aliphatic hydroxyl groups is 9.